The molecule has 0 aliphatic heterocycles. The van der Waals surface area contributed by atoms with Gasteiger partial charge in [0.05, 0.1) is 17.7 Å². The van der Waals surface area contributed by atoms with Crippen molar-refractivity contribution < 1.29 is 14.7 Å². The van der Waals surface area contributed by atoms with Gasteiger partial charge in [0.2, 0.25) is 0 Å². The van der Waals surface area contributed by atoms with Crippen molar-refractivity contribution in [1.82, 2.24) is 0 Å². The lowest BCUT2D eigenvalue weighted by Crippen LogP contribution is -2.17. The fraction of sp³-hybridized carbons (Fsp3) is 0.559. The predicted octanol–water partition coefficient (Wildman–Crippen LogP) is 9.33. The lowest BCUT2D eigenvalue weighted by molar-refractivity contribution is -0.120. The Labute approximate surface area is 248 Å². The quantitative estimate of drug-likeness (QED) is 0.136. The standard InChI is InChI=1S/C15H18O.C10H19N3O2.C3H8.3C2H6/c1-4-14(10-7-9-13(3)16)15-11-6-5-8-12(15)2;1-5-9(13-15-4)6-7(2)10(14)12-8(3)11;1-3-2;3*1-2/h4-11,13,16H,1H2,2-3H3;7H,5-6H2,1-4H3,(H2,11,12,14);3H2,1-2H3;3*1-2H3/b9-7+,14-10+;;;;;. The van der Waals surface area contributed by atoms with Crippen LogP contribution in [0.1, 0.15) is 113 Å². The second-order valence-corrected chi connectivity index (χ2v) is 7.86. The first-order valence-electron chi connectivity index (χ1n) is 14.8. The zero-order valence-electron chi connectivity index (χ0n) is 28.3. The van der Waals surface area contributed by atoms with Crippen molar-refractivity contribution in [2.75, 3.05) is 7.11 Å². The molecule has 40 heavy (non-hydrogen) atoms. The maximum absolute atomic E-state index is 11.4. The number of carbonyl (C=O) groups excluding carboxylic acids is 1. The third-order valence-electron chi connectivity index (χ3n) is 4.22. The summed E-state index contributed by atoms with van der Waals surface area (Å²) in [5.41, 5.74) is 9.64. The van der Waals surface area contributed by atoms with E-state index in [0.29, 0.717) is 6.42 Å². The minimum Gasteiger partial charge on any atom is -0.399 e. The zero-order valence-corrected chi connectivity index (χ0v) is 28.3. The van der Waals surface area contributed by atoms with Crippen molar-refractivity contribution >= 4 is 23.0 Å². The molecular weight excluding hydrogens is 498 g/mol. The van der Waals surface area contributed by atoms with E-state index in [1.54, 1.807) is 26.8 Å². The number of carbonyl (C=O) groups is 1. The number of nitrogens with two attached hydrogens (primary N) is 1. The maximum Gasteiger partial charge on any atom is 0.250 e. The van der Waals surface area contributed by atoms with Gasteiger partial charge in [0.15, 0.2) is 0 Å². The van der Waals surface area contributed by atoms with E-state index in [9.17, 15) is 4.79 Å². The molecule has 0 aliphatic carbocycles. The summed E-state index contributed by atoms with van der Waals surface area (Å²) in [5.74, 6) is -0.141. The highest BCUT2D eigenvalue weighted by atomic mass is 16.6. The number of aryl methyl sites for hydroxylation is 1. The van der Waals surface area contributed by atoms with Gasteiger partial charge in [-0.15, -0.1) is 0 Å². The van der Waals surface area contributed by atoms with Crippen LogP contribution < -0.4 is 5.73 Å². The smallest absolute Gasteiger partial charge is 0.250 e. The number of oxime groups is 1. The van der Waals surface area contributed by atoms with Crippen molar-refractivity contribution in [2.24, 2.45) is 21.8 Å². The number of allylic oxidation sites excluding steroid dienone is 4. The molecule has 3 N–H and O–H groups in total. The van der Waals surface area contributed by atoms with Crippen LogP contribution in [0, 0.1) is 12.8 Å². The van der Waals surface area contributed by atoms with Gasteiger partial charge in [-0.2, -0.15) is 0 Å². The van der Waals surface area contributed by atoms with E-state index in [0.717, 1.165) is 17.7 Å². The number of hydrogen-bond acceptors (Lipinski definition) is 4. The number of rotatable bonds is 9. The van der Waals surface area contributed by atoms with Crippen LogP contribution >= 0.6 is 0 Å². The monoisotopic (exact) mass is 561 g/mol. The van der Waals surface area contributed by atoms with E-state index in [-0.39, 0.29) is 17.7 Å². The van der Waals surface area contributed by atoms with Gasteiger partial charge >= 0.3 is 0 Å². The van der Waals surface area contributed by atoms with Crippen LogP contribution in [0.25, 0.3) is 5.57 Å². The molecule has 0 saturated carbocycles. The second-order valence-electron chi connectivity index (χ2n) is 7.86. The van der Waals surface area contributed by atoms with E-state index >= 15 is 0 Å². The molecule has 0 spiro atoms. The Morgan fingerprint density at radius 2 is 1.57 bits per heavy atom. The van der Waals surface area contributed by atoms with Crippen molar-refractivity contribution in [2.45, 2.75) is 115 Å². The number of aliphatic imine (C=N–C) groups is 1. The molecule has 6 heteroatoms. The van der Waals surface area contributed by atoms with E-state index in [2.05, 4.69) is 54.5 Å². The van der Waals surface area contributed by atoms with Crippen LogP contribution in [-0.2, 0) is 9.63 Å². The molecule has 0 radical (unpaired) electrons. The molecule has 1 aromatic carbocycles. The van der Waals surface area contributed by atoms with Gasteiger partial charge in [-0.3, -0.25) is 4.79 Å². The van der Waals surface area contributed by atoms with Gasteiger partial charge in [-0.25, -0.2) is 4.99 Å². The molecule has 0 heterocycles. The van der Waals surface area contributed by atoms with Crippen molar-refractivity contribution in [3.05, 3.63) is 66.3 Å². The largest absolute Gasteiger partial charge is 0.399 e. The van der Waals surface area contributed by atoms with Gasteiger partial charge in [0.25, 0.3) is 5.91 Å². The number of aliphatic hydroxyl groups is 1. The normalized spacial score (nSPS) is 12.1. The second kappa shape index (κ2) is 36.0. The summed E-state index contributed by atoms with van der Waals surface area (Å²) in [7, 11) is 1.49. The molecule has 2 atom stereocenters. The highest BCUT2D eigenvalue weighted by Crippen LogP contribution is 2.19. The summed E-state index contributed by atoms with van der Waals surface area (Å²) in [5, 5.41) is 13.0. The Morgan fingerprint density at radius 3 is 1.95 bits per heavy atom. The SMILES string of the molecule is C=C/C(=C\C=C\C(C)O)c1ccccc1C.CC.CC.CC.CCC.CCC(CC(C)C(=O)N=C(C)N)=NOC. The van der Waals surface area contributed by atoms with E-state index in [4.69, 9.17) is 10.8 Å². The number of hydrogen-bond donors (Lipinski definition) is 2. The van der Waals surface area contributed by atoms with E-state index in [1.165, 1.54) is 24.7 Å². The van der Waals surface area contributed by atoms with Crippen molar-refractivity contribution in [3.63, 3.8) is 0 Å². The van der Waals surface area contributed by atoms with Gasteiger partial charge < -0.3 is 15.7 Å². The number of amides is 1. The fourth-order valence-electron chi connectivity index (χ4n) is 2.58. The number of benzene rings is 1. The van der Waals surface area contributed by atoms with Gasteiger partial charge in [0.1, 0.15) is 7.11 Å². The number of amidine groups is 1. The van der Waals surface area contributed by atoms with E-state index < -0.39 is 6.10 Å². The van der Waals surface area contributed by atoms with Crippen molar-refractivity contribution in [3.8, 4) is 0 Å². The van der Waals surface area contributed by atoms with Gasteiger partial charge in [-0.05, 0) is 43.9 Å². The Kier molecular flexibility index (Phi) is 42.2. The Morgan fingerprint density at radius 1 is 1.07 bits per heavy atom. The van der Waals surface area contributed by atoms with Crippen LogP contribution in [-0.4, -0.2) is 35.8 Å². The summed E-state index contributed by atoms with van der Waals surface area (Å²) < 4.78 is 0. The molecule has 1 rings (SSSR count). The minimum absolute atomic E-state index is 0.211. The van der Waals surface area contributed by atoms with Crippen LogP contribution in [0.5, 0.6) is 0 Å². The number of nitrogens with zero attached hydrogens (tertiary/aromatic N) is 2. The summed E-state index contributed by atoms with van der Waals surface area (Å²) in [4.78, 5) is 19.8. The molecular formula is C34H63N3O3. The zero-order chi connectivity index (χ0) is 32.5. The predicted molar refractivity (Wildman–Crippen MR) is 181 cm³/mol. The molecule has 0 saturated heterocycles. The molecule has 1 aromatic rings. The Balaban J connectivity index is -0.000000159. The van der Waals surface area contributed by atoms with E-state index in [1.807, 2.05) is 78.8 Å². The van der Waals surface area contributed by atoms with Crippen LogP contribution in [0.2, 0.25) is 0 Å². The lowest BCUT2D eigenvalue weighted by Gasteiger charge is -2.07. The number of aliphatic hydroxyl groups excluding tert-OH is 1. The molecule has 0 aliphatic rings. The summed E-state index contributed by atoms with van der Waals surface area (Å²) in [6.45, 7) is 29.2. The third-order valence-corrected chi connectivity index (χ3v) is 4.22. The molecule has 2 unspecified atom stereocenters. The average molecular weight is 562 g/mol. The van der Waals surface area contributed by atoms with Crippen molar-refractivity contribution in [1.29, 1.82) is 0 Å². The molecule has 0 aromatic heterocycles. The first-order valence-corrected chi connectivity index (χ1v) is 14.8. The Bertz CT molecular complexity index is 835. The molecule has 0 fully saturated rings. The summed E-state index contributed by atoms with van der Waals surface area (Å²) >= 11 is 0. The summed E-state index contributed by atoms with van der Waals surface area (Å²) in [6, 6.07) is 8.17. The topological polar surface area (TPSA) is 97.3 Å². The summed E-state index contributed by atoms with van der Waals surface area (Å²) in [6.07, 6.45) is 9.53. The molecule has 232 valence electrons. The Hall–Kier alpha value is -2.99. The van der Waals surface area contributed by atoms with Gasteiger partial charge in [0, 0.05) is 12.3 Å². The highest BCUT2D eigenvalue weighted by Gasteiger charge is 2.14. The maximum atomic E-state index is 11.4. The highest BCUT2D eigenvalue weighted by molar-refractivity contribution is 5.95. The molecule has 0 bridgehead atoms. The molecule has 1 amide bonds. The van der Waals surface area contributed by atoms with Crippen LogP contribution in [0.15, 0.2) is 65.3 Å². The first-order chi connectivity index (χ1) is 19.1. The third kappa shape index (κ3) is 29.6. The van der Waals surface area contributed by atoms with Crippen LogP contribution in [0.4, 0.5) is 0 Å². The van der Waals surface area contributed by atoms with Crippen LogP contribution in [0.3, 0.4) is 0 Å². The van der Waals surface area contributed by atoms with Gasteiger partial charge in [-0.1, -0.05) is 136 Å². The minimum atomic E-state index is -0.417. The first kappa shape index (κ1) is 46.8. The average Bonchev–Trinajstić information content (AvgIpc) is 2.95. The fourth-order valence-corrected chi connectivity index (χ4v) is 2.58. The lowest BCUT2D eigenvalue weighted by atomic mass is 10.0. The molecule has 6 nitrogen and oxygen atoms in total.